The Morgan fingerprint density at radius 1 is 1.00 bits per heavy atom. The number of aromatic nitrogens is 2. The Morgan fingerprint density at radius 2 is 1.65 bits per heavy atom. The van der Waals surface area contributed by atoms with E-state index < -0.39 is 0 Å². The molecule has 1 aromatic heterocycles. The summed E-state index contributed by atoms with van der Waals surface area (Å²) in [4.78, 5) is 19.0. The van der Waals surface area contributed by atoms with Crippen LogP contribution in [0.3, 0.4) is 0 Å². The highest BCUT2D eigenvalue weighted by molar-refractivity contribution is 5.81. The van der Waals surface area contributed by atoms with Gasteiger partial charge in [0.05, 0.1) is 11.9 Å². The summed E-state index contributed by atoms with van der Waals surface area (Å²) >= 11 is 0. The summed E-state index contributed by atoms with van der Waals surface area (Å²) in [6, 6.07) is 2.14. The summed E-state index contributed by atoms with van der Waals surface area (Å²) < 4.78 is 0. The van der Waals surface area contributed by atoms with E-state index in [-0.39, 0.29) is 11.3 Å². The van der Waals surface area contributed by atoms with E-state index in [1.807, 2.05) is 31.9 Å². The first-order valence-electron chi connectivity index (χ1n) is 8.57. The number of rotatable bonds is 2. The smallest absolute Gasteiger partial charge is 0.228 e. The molecule has 126 valence electrons. The standard InChI is InChI=1S/C17H27N5O/c1-17(2,3)16(23)22-10-8-20(9-11-22)14-12-15(19-18-13-14)21-6-4-5-7-21/h12-13H,4-11H2,1-3H3. The predicted molar refractivity (Wildman–Crippen MR) is 91.7 cm³/mol. The Labute approximate surface area is 138 Å². The van der Waals surface area contributed by atoms with Crippen LogP contribution in [0, 0.1) is 5.41 Å². The third-order valence-electron chi connectivity index (χ3n) is 4.63. The van der Waals surface area contributed by atoms with Gasteiger partial charge in [-0.1, -0.05) is 20.8 Å². The minimum Gasteiger partial charge on any atom is -0.367 e. The van der Waals surface area contributed by atoms with Gasteiger partial charge in [0.15, 0.2) is 5.82 Å². The number of anilines is 2. The van der Waals surface area contributed by atoms with Crippen molar-refractivity contribution in [2.75, 3.05) is 49.1 Å². The largest absolute Gasteiger partial charge is 0.367 e. The first-order valence-corrected chi connectivity index (χ1v) is 8.57. The molecule has 2 aliphatic rings. The molecule has 2 fully saturated rings. The van der Waals surface area contributed by atoms with Crippen LogP contribution < -0.4 is 9.80 Å². The fraction of sp³-hybridized carbons (Fsp3) is 0.706. The lowest BCUT2D eigenvalue weighted by Crippen LogP contribution is -2.51. The molecule has 0 aliphatic carbocycles. The fourth-order valence-electron chi connectivity index (χ4n) is 3.26. The lowest BCUT2D eigenvalue weighted by atomic mass is 9.94. The van der Waals surface area contributed by atoms with Gasteiger partial charge in [0.2, 0.25) is 5.91 Å². The molecule has 0 aromatic carbocycles. The zero-order valence-corrected chi connectivity index (χ0v) is 14.5. The zero-order chi connectivity index (χ0) is 16.4. The van der Waals surface area contributed by atoms with Crippen LogP contribution in [0.1, 0.15) is 33.6 Å². The molecule has 1 aromatic rings. The summed E-state index contributed by atoms with van der Waals surface area (Å²) in [5.41, 5.74) is 0.813. The van der Waals surface area contributed by atoms with E-state index in [1.165, 1.54) is 12.8 Å². The molecule has 0 radical (unpaired) electrons. The van der Waals surface area contributed by atoms with Gasteiger partial charge < -0.3 is 14.7 Å². The minimum atomic E-state index is -0.302. The molecule has 2 aliphatic heterocycles. The molecule has 0 saturated carbocycles. The fourth-order valence-corrected chi connectivity index (χ4v) is 3.26. The van der Waals surface area contributed by atoms with E-state index >= 15 is 0 Å². The second-order valence-corrected chi connectivity index (χ2v) is 7.50. The molecule has 6 nitrogen and oxygen atoms in total. The van der Waals surface area contributed by atoms with Gasteiger partial charge in [-0.25, -0.2) is 0 Å². The van der Waals surface area contributed by atoms with Crippen molar-refractivity contribution in [3.63, 3.8) is 0 Å². The third kappa shape index (κ3) is 3.57. The summed E-state index contributed by atoms with van der Waals surface area (Å²) in [5, 5.41) is 8.46. The molecule has 0 unspecified atom stereocenters. The van der Waals surface area contributed by atoms with Crippen molar-refractivity contribution in [3.8, 4) is 0 Å². The van der Waals surface area contributed by atoms with Gasteiger partial charge in [0.25, 0.3) is 0 Å². The average molecular weight is 317 g/mol. The Kier molecular flexibility index (Phi) is 4.41. The molecule has 3 heterocycles. The summed E-state index contributed by atoms with van der Waals surface area (Å²) in [7, 11) is 0. The van der Waals surface area contributed by atoms with E-state index in [9.17, 15) is 4.79 Å². The molecule has 2 saturated heterocycles. The Bertz CT molecular complexity index is 554. The van der Waals surface area contributed by atoms with Gasteiger partial charge >= 0.3 is 0 Å². The van der Waals surface area contributed by atoms with Crippen molar-refractivity contribution in [2.24, 2.45) is 5.41 Å². The van der Waals surface area contributed by atoms with Gasteiger partial charge in [-0.05, 0) is 12.8 Å². The third-order valence-corrected chi connectivity index (χ3v) is 4.63. The SMILES string of the molecule is CC(C)(C)C(=O)N1CCN(c2cnnc(N3CCCC3)c2)CC1. The molecule has 23 heavy (non-hydrogen) atoms. The molecule has 1 amide bonds. The van der Waals surface area contributed by atoms with E-state index in [4.69, 9.17) is 0 Å². The highest BCUT2D eigenvalue weighted by Crippen LogP contribution is 2.24. The van der Waals surface area contributed by atoms with Gasteiger partial charge in [0, 0.05) is 50.7 Å². The van der Waals surface area contributed by atoms with Crippen LogP contribution in [-0.2, 0) is 4.79 Å². The van der Waals surface area contributed by atoms with Crippen LogP contribution in [0.5, 0.6) is 0 Å². The van der Waals surface area contributed by atoms with Crippen LogP contribution in [0.25, 0.3) is 0 Å². The molecule has 6 heteroatoms. The number of amides is 1. The summed E-state index contributed by atoms with van der Waals surface area (Å²) in [6.45, 7) is 11.4. The average Bonchev–Trinajstić information content (AvgIpc) is 3.08. The summed E-state index contributed by atoms with van der Waals surface area (Å²) in [6.07, 6.45) is 4.31. The van der Waals surface area contributed by atoms with Crippen molar-refractivity contribution in [2.45, 2.75) is 33.6 Å². The molecular formula is C17H27N5O. The normalized spacial score (nSPS) is 19.3. The van der Waals surface area contributed by atoms with Crippen LogP contribution in [0.2, 0.25) is 0 Å². The maximum atomic E-state index is 12.4. The minimum absolute atomic E-state index is 0.239. The number of hydrogen-bond donors (Lipinski definition) is 0. The maximum absolute atomic E-state index is 12.4. The monoisotopic (exact) mass is 317 g/mol. The number of hydrogen-bond acceptors (Lipinski definition) is 5. The molecular weight excluding hydrogens is 290 g/mol. The number of carbonyl (C=O) groups excluding carboxylic acids is 1. The van der Waals surface area contributed by atoms with Crippen molar-refractivity contribution in [3.05, 3.63) is 12.3 Å². The Morgan fingerprint density at radius 3 is 2.26 bits per heavy atom. The van der Waals surface area contributed by atoms with Crippen molar-refractivity contribution in [1.29, 1.82) is 0 Å². The second-order valence-electron chi connectivity index (χ2n) is 7.50. The highest BCUT2D eigenvalue weighted by Gasteiger charge is 2.30. The highest BCUT2D eigenvalue weighted by atomic mass is 16.2. The topological polar surface area (TPSA) is 52.6 Å². The van der Waals surface area contributed by atoms with E-state index in [2.05, 4.69) is 26.1 Å². The van der Waals surface area contributed by atoms with Gasteiger partial charge in [0.1, 0.15) is 0 Å². The Hall–Kier alpha value is -1.85. The first kappa shape index (κ1) is 16.0. The van der Waals surface area contributed by atoms with Crippen molar-refractivity contribution in [1.82, 2.24) is 15.1 Å². The predicted octanol–water partition coefficient (Wildman–Crippen LogP) is 1.77. The first-order chi connectivity index (χ1) is 10.9. The zero-order valence-electron chi connectivity index (χ0n) is 14.5. The van der Waals surface area contributed by atoms with Crippen molar-refractivity contribution < 1.29 is 4.79 Å². The molecule has 0 atom stereocenters. The van der Waals surface area contributed by atoms with Gasteiger partial charge in [-0.15, -0.1) is 5.10 Å². The van der Waals surface area contributed by atoms with E-state index in [0.29, 0.717) is 0 Å². The second kappa shape index (κ2) is 6.34. The lowest BCUT2D eigenvalue weighted by molar-refractivity contribution is -0.139. The van der Waals surface area contributed by atoms with Gasteiger partial charge in [-0.2, -0.15) is 5.10 Å². The molecule has 0 N–H and O–H groups in total. The van der Waals surface area contributed by atoms with Crippen LogP contribution in [0.15, 0.2) is 12.3 Å². The molecule has 0 bridgehead atoms. The van der Waals surface area contributed by atoms with E-state index in [0.717, 1.165) is 50.8 Å². The van der Waals surface area contributed by atoms with Crippen LogP contribution >= 0.6 is 0 Å². The number of carbonyl (C=O) groups is 1. The van der Waals surface area contributed by atoms with E-state index in [1.54, 1.807) is 0 Å². The molecule has 0 spiro atoms. The van der Waals surface area contributed by atoms with Crippen LogP contribution in [-0.4, -0.2) is 60.3 Å². The number of piperazine rings is 1. The Balaban J connectivity index is 1.63. The summed E-state index contributed by atoms with van der Waals surface area (Å²) in [5.74, 6) is 1.22. The quantitative estimate of drug-likeness (QED) is 0.832. The van der Waals surface area contributed by atoms with Gasteiger partial charge in [-0.3, -0.25) is 4.79 Å². The van der Waals surface area contributed by atoms with Crippen molar-refractivity contribution >= 4 is 17.4 Å². The maximum Gasteiger partial charge on any atom is 0.228 e. The molecule has 3 rings (SSSR count). The number of nitrogens with zero attached hydrogens (tertiary/aromatic N) is 5. The van der Waals surface area contributed by atoms with Crippen LogP contribution in [0.4, 0.5) is 11.5 Å². The lowest BCUT2D eigenvalue weighted by Gasteiger charge is -2.38.